The van der Waals surface area contributed by atoms with Crippen LogP contribution in [0.2, 0.25) is 0 Å². The first-order chi connectivity index (χ1) is 12.4. The molecule has 0 radical (unpaired) electrons. The molecule has 0 spiro atoms. The minimum Gasteiger partial charge on any atom is -0.374 e. The summed E-state index contributed by atoms with van der Waals surface area (Å²) in [7, 11) is 0.221. The molecule has 2 aliphatic rings. The molecule has 4 rings (SSSR count). The van der Waals surface area contributed by atoms with Crippen LogP contribution in [0.5, 0.6) is 0 Å². The van der Waals surface area contributed by atoms with E-state index in [1.165, 1.54) is 5.56 Å². The molecule has 1 N–H and O–H groups in total. The highest BCUT2D eigenvalue weighted by molar-refractivity contribution is 7.89. The van der Waals surface area contributed by atoms with Crippen molar-refractivity contribution in [2.24, 2.45) is 7.05 Å². The molecule has 1 aromatic carbocycles. The van der Waals surface area contributed by atoms with Crippen LogP contribution in [0, 0.1) is 0 Å². The average Bonchev–Trinajstić information content (AvgIpc) is 3.23. The maximum atomic E-state index is 13.0. The number of ether oxygens (including phenoxy) is 1. The van der Waals surface area contributed by atoms with E-state index in [9.17, 15) is 8.42 Å². The Hall–Kier alpha value is -1.90. The number of nitrogens with one attached hydrogen (secondary N) is 1. The van der Waals surface area contributed by atoms with E-state index in [4.69, 9.17) is 4.74 Å². The Morgan fingerprint density at radius 2 is 2.15 bits per heavy atom. The Balaban J connectivity index is 1.58. The number of anilines is 1. The van der Waals surface area contributed by atoms with Gasteiger partial charge in [-0.2, -0.15) is 5.10 Å². The number of nitrogens with zero attached hydrogens (tertiary/aromatic N) is 3. The third-order valence-corrected chi connectivity index (χ3v) is 6.66. The number of aryl methyl sites for hydroxylation is 2. The molecule has 0 aliphatic carbocycles. The van der Waals surface area contributed by atoms with Crippen molar-refractivity contribution in [3.8, 4) is 0 Å². The first kappa shape index (κ1) is 17.5. The highest BCUT2D eigenvalue weighted by Crippen LogP contribution is 2.32. The lowest BCUT2D eigenvalue weighted by molar-refractivity contribution is 0.102. The summed E-state index contributed by atoms with van der Waals surface area (Å²) in [5.41, 5.74) is 3.10. The molecule has 1 aromatic heterocycles. The highest BCUT2D eigenvalue weighted by atomic mass is 32.2. The minimum absolute atomic E-state index is 0.294. The van der Waals surface area contributed by atoms with Gasteiger partial charge in [0.25, 0.3) is 0 Å². The zero-order valence-electron chi connectivity index (χ0n) is 15.1. The standard InChI is InChI=1S/C18H24N4O3S/c1-21-8-3-4-13-5-6-15(10-17(13)21)26(23,24)20-16-7-9-25-18(16)14-11-19-22(2)12-14/h5-6,10-12,16,18,20H,3-4,7-9H2,1-2H3/t16-,18+/m0/s1. The quantitative estimate of drug-likeness (QED) is 0.877. The van der Waals surface area contributed by atoms with Gasteiger partial charge in [0.15, 0.2) is 0 Å². The summed E-state index contributed by atoms with van der Waals surface area (Å²) in [5.74, 6) is 0. The normalized spacial score (nSPS) is 23.2. The second-order valence-corrected chi connectivity index (χ2v) is 8.78. The maximum absolute atomic E-state index is 13.0. The predicted molar refractivity (Wildman–Crippen MR) is 98.7 cm³/mol. The van der Waals surface area contributed by atoms with Gasteiger partial charge in [0.05, 0.1) is 17.1 Å². The molecule has 7 nitrogen and oxygen atoms in total. The fraction of sp³-hybridized carbons (Fsp3) is 0.500. The summed E-state index contributed by atoms with van der Waals surface area (Å²) >= 11 is 0. The molecule has 140 valence electrons. The van der Waals surface area contributed by atoms with E-state index in [0.29, 0.717) is 17.9 Å². The molecule has 3 heterocycles. The number of hydrogen-bond donors (Lipinski definition) is 1. The molecule has 0 saturated carbocycles. The van der Waals surface area contributed by atoms with Gasteiger partial charge in [-0.3, -0.25) is 4.68 Å². The van der Waals surface area contributed by atoms with Gasteiger partial charge < -0.3 is 9.64 Å². The molecule has 2 atom stereocenters. The van der Waals surface area contributed by atoms with Gasteiger partial charge in [0.1, 0.15) is 6.10 Å². The topological polar surface area (TPSA) is 76.5 Å². The number of sulfonamides is 1. The summed E-state index contributed by atoms with van der Waals surface area (Å²) in [6, 6.07) is 5.13. The fourth-order valence-corrected chi connectivity index (χ4v) is 5.09. The van der Waals surface area contributed by atoms with Crippen molar-refractivity contribution >= 4 is 15.7 Å². The fourth-order valence-electron chi connectivity index (χ4n) is 3.80. The number of fused-ring (bicyclic) bond motifs is 1. The van der Waals surface area contributed by atoms with Crippen molar-refractivity contribution in [2.75, 3.05) is 25.1 Å². The average molecular weight is 376 g/mol. The summed E-state index contributed by atoms with van der Waals surface area (Å²) in [6.07, 6.45) is 6.02. The summed E-state index contributed by atoms with van der Waals surface area (Å²) in [4.78, 5) is 2.43. The molecule has 26 heavy (non-hydrogen) atoms. The van der Waals surface area contributed by atoms with Crippen molar-refractivity contribution in [2.45, 2.75) is 36.3 Å². The Labute approximate surface area is 154 Å². The van der Waals surface area contributed by atoms with Crippen LogP contribution in [0.15, 0.2) is 35.5 Å². The largest absolute Gasteiger partial charge is 0.374 e. The SMILES string of the molecule is CN1CCCc2ccc(S(=O)(=O)N[C@H]3CCO[C@@H]3c3cnn(C)c3)cc21. The predicted octanol–water partition coefficient (Wildman–Crippen LogP) is 1.61. The first-order valence-electron chi connectivity index (χ1n) is 8.90. The van der Waals surface area contributed by atoms with Gasteiger partial charge in [0.2, 0.25) is 10.0 Å². The van der Waals surface area contributed by atoms with Crippen LogP contribution in [-0.2, 0) is 28.2 Å². The summed E-state index contributed by atoms with van der Waals surface area (Å²) in [5, 5.41) is 4.16. The third-order valence-electron chi connectivity index (χ3n) is 5.17. The second-order valence-electron chi connectivity index (χ2n) is 7.07. The Morgan fingerprint density at radius 1 is 1.31 bits per heavy atom. The van der Waals surface area contributed by atoms with Crippen molar-refractivity contribution in [1.82, 2.24) is 14.5 Å². The third kappa shape index (κ3) is 3.24. The number of rotatable bonds is 4. The van der Waals surface area contributed by atoms with Gasteiger partial charge in [-0.1, -0.05) is 6.07 Å². The van der Waals surface area contributed by atoms with E-state index in [1.54, 1.807) is 23.0 Å². The van der Waals surface area contributed by atoms with Crippen LogP contribution in [0.25, 0.3) is 0 Å². The lowest BCUT2D eigenvalue weighted by Gasteiger charge is -2.28. The van der Waals surface area contributed by atoms with Crippen molar-refractivity contribution in [3.05, 3.63) is 41.7 Å². The molecule has 2 aliphatic heterocycles. The minimum atomic E-state index is -3.62. The van der Waals surface area contributed by atoms with Crippen LogP contribution in [-0.4, -0.2) is 44.4 Å². The lowest BCUT2D eigenvalue weighted by Crippen LogP contribution is -2.37. The number of benzene rings is 1. The second kappa shape index (κ2) is 6.68. The molecule has 0 unspecified atom stereocenters. The number of hydrogen-bond acceptors (Lipinski definition) is 5. The van der Waals surface area contributed by atoms with Crippen LogP contribution >= 0.6 is 0 Å². The highest BCUT2D eigenvalue weighted by Gasteiger charge is 2.34. The monoisotopic (exact) mass is 376 g/mol. The van der Waals surface area contributed by atoms with E-state index in [0.717, 1.165) is 30.6 Å². The molecule has 1 saturated heterocycles. The summed E-state index contributed by atoms with van der Waals surface area (Å²) in [6.45, 7) is 1.48. The van der Waals surface area contributed by atoms with Crippen LogP contribution < -0.4 is 9.62 Å². The molecular weight excluding hydrogens is 352 g/mol. The zero-order valence-corrected chi connectivity index (χ0v) is 15.9. The van der Waals surface area contributed by atoms with Gasteiger partial charge in [-0.25, -0.2) is 13.1 Å². The number of aromatic nitrogens is 2. The van der Waals surface area contributed by atoms with Crippen molar-refractivity contribution < 1.29 is 13.2 Å². The molecule has 2 aromatic rings. The molecule has 8 heteroatoms. The van der Waals surface area contributed by atoms with Gasteiger partial charge in [-0.05, 0) is 37.0 Å². The molecular formula is C18H24N4O3S. The Kier molecular flexibility index (Phi) is 4.50. The van der Waals surface area contributed by atoms with E-state index in [-0.39, 0.29) is 12.1 Å². The zero-order chi connectivity index (χ0) is 18.3. The Bertz CT molecular complexity index is 909. The summed E-state index contributed by atoms with van der Waals surface area (Å²) < 4.78 is 36.2. The van der Waals surface area contributed by atoms with Crippen LogP contribution in [0.4, 0.5) is 5.69 Å². The van der Waals surface area contributed by atoms with E-state index < -0.39 is 10.0 Å². The van der Waals surface area contributed by atoms with E-state index >= 15 is 0 Å². The molecule has 0 bridgehead atoms. The van der Waals surface area contributed by atoms with Crippen molar-refractivity contribution in [1.29, 1.82) is 0 Å². The molecule has 1 fully saturated rings. The lowest BCUT2D eigenvalue weighted by atomic mass is 10.0. The first-order valence-corrected chi connectivity index (χ1v) is 10.4. The van der Waals surface area contributed by atoms with E-state index in [1.807, 2.05) is 26.4 Å². The van der Waals surface area contributed by atoms with Crippen molar-refractivity contribution in [3.63, 3.8) is 0 Å². The van der Waals surface area contributed by atoms with E-state index in [2.05, 4.69) is 14.7 Å². The van der Waals surface area contributed by atoms with Crippen LogP contribution in [0.3, 0.4) is 0 Å². The Morgan fingerprint density at radius 3 is 2.92 bits per heavy atom. The molecule has 0 amide bonds. The smallest absolute Gasteiger partial charge is 0.240 e. The van der Waals surface area contributed by atoms with Gasteiger partial charge in [0, 0.05) is 44.7 Å². The van der Waals surface area contributed by atoms with Gasteiger partial charge >= 0.3 is 0 Å². The maximum Gasteiger partial charge on any atom is 0.240 e. The van der Waals surface area contributed by atoms with Gasteiger partial charge in [-0.15, -0.1) is 0 Å². The van der Waals surface area contributed by atoms with Crippen LogP contribution in [0.1, 0.15) is 30.1 Å².